The van der Waals surface area contributed by atoms with Gasteiger partial charge in [0.1, 0.15) is 10.7 Å². The van der Waals surface area contributed by atoms with Crippen LogP contribution >= 0.6 is 23.1 Å². The topological polar surface area (TPSA) is 69.4 Å². The number of thioether (sulfide) groups is 1. The lowest BCUT2D eigenvalue weighted by atomic mass is 9.89. The zero-order valence-electron chi connectivity index (χ0n) is 16.1. The molecule has 1 unspecified atom stereocenters. The fraction of sp³-hybridized carbons (Fsp3) is 0.579. The van der Waals surface area contributed by atoms with Gasteiger partial charge in [0.15, 0.2) is 10.8 Å². The maximum Gasteiger partial charge on any atom is 0.316 e. The van der Waals surface area contributed by atoms with Crippen molar-refractivity contribution in [3.05, 3.63) is 16.3 Å². The molecule has 0 spiro atoms. The van der Waals surface area contributed by atoms with Gasteiger partial charge < -0.3 is 4.74 Å². The summed E-state index contributed by atoms with van der Waals surface area (Å²) in [6.07, 6.45) is 4.08. The maximum atomic E-state index is 11.9. The summed E-state index contributed by atoms with van der Waals surface area (Å²) in [5.41, 5.74) is 2.28. The molecule has 0 aliphatic heterocycles. The molecule has 0 fully saturated rings. The van der Waals surface area contributed by atoms with E-state index in [4.69, 9.17) is 9.72 Å². The third kappa shape index (κ3) is 3.45. The van der Waals surface area contributed by atoms with Crippen LogP contribution in [0, 0.1) is 5.92 Å². The Labute approximate surface area is 166 Å². The quantitative estimate of drug-likeness (QED) is 0.472. The average molecular weight is 405 g/mol. The number of thiophene rings is 1. The van der Waals surface area contributed by atoms with E-state index in [9.17, 15) is 4.79 Å². The molecule has 144 valence electrons. The normalized spacial score (nSPS) is 17.0. The first kappa shape index (κ1) is 18.7. The Balaban J connectivity index is 1.77. The van der Waals surface area contributed by atoms with Crippen molar-refractivity contribution in [1.29, 1.82) is 0 Å². The summed E-state index contributed by atoms with van der Waals surface area (Å²) in [5, 5.41) is 10.7. The van der Waals surface area contributed by atoms with Crippen LogP contribution in [0.25, 0.3) is 15.9 Å². The van der Waals surface area contributed by atoms with E-state index >= 15 is 0 Å². The van der Waals surface area contributed by atoms with Crippen LogP contribution in [0.5, 0.6) is 0 Å². The molecule has 3 heterocycles. The van der Waals surface area contributed by atoms with Crippen molar-refractivity contribution in [2.24, 2.45) is 5.92 Å². The fourth-order valence-electron chi connectivity index (χ4n) is 3.63. The minimum atomic E-state index is -0.235. The van der Waals surface area contributed by atoms with E-state index in [1.807, 2.05) is 29.6 Å². The van der Waals surface area contributed by atoms with E-state index in [1.165, 1.54) is 28.6 Å². The van der Waals surface area contributed by atoms with Crippen molar-refractivity contribution < 1.29 is 9.53 Å². The molecule has 0 radical (unpaired) electrons. The van der Waals surface area contributed by atoms with Gasteiger partial charge in [-0.05, 0) is 44.6 Å². The van der Waals surface area contributed by atoms with Gasteiger partial charge in [-0.2, -0.15) is 0 Å². The number of aromatic nitrogens is 4. The summed E-state index contributed by atoms with van der Waals surface area (Å²) in [5.74, 6) is 1.65. The molecule has 27 heavy (non-hydrogen) atoms. The van der Waals surface area contributed by atoms with Crippen molar-refractivity contribution >= 4 is 44.9 Å². The molecular weight excluding hydrogens is 380 g/mol. The summed E-state index contributed by atoms with van der Waals surface area (Å²) in [7, 11) is 0. The van der Waals surface area contributed by atoms with Gasteiger partial charge in [-0.1, -0.05) is 25.6 Å². The van der Waals surface area contributed by atoms with E-state index < -0.39 is 0 Å². The fourth-order valence-corrected chi connectivity index (χ4v) is 5.76. The molecule has 0 N–H and O–H groups in total. The average Bonchev–Trinajstić information content (AvgIpc) is 3.18. The minimum absolute atomic E-state index is 0.111. The van der Waals surface area contributed by atoms with Crippen molar-refractivity contribution in [1.82, 2.24) is 19.6 Å². The van der Waals surface area contributed by atoms with E-state index in [0.717, 1.165) is 46.9 Å². The van der Waals surface area contributed by atoms with Crippen LogP contribution in [0.4, 0.5) is 0 Å². The molecule has 3 aromatic rings. The Morgan fingerprint density at radius 3 is 2.96 bits per heavy atom. The lowest BCUT2D eigenvalue weighted by molar-refractivity contribution is -0.144. The maximum absolute atomic E-state index is 11.9. The Hall–Kier alpha value is -1.67. The first-order valence-electron chi connectivity index (χ1n) is 9.48. The van der Waals surface area contributed by atoms with Gasteiger partial charge in [0.25, 0.3) is 0 Å². The van der Waals surface area contributed by atoms with E-state index in [1.54, 1.807) is 0 Å². The predicted octanol–water partition coefficient (Wildman–Crippen LogP) is 4.07. The van der Waals surface area contributed by atoms with Gasteiger partial charge in [0.05, 0.1) is 17.2 Å². The Bertz CT molecular complexity index is 1010. The molecule has 8 heteroatoms. The van der Waals surface area contributed by atoms with Crippen LogP contribution in [-0.4, -0.2) is 37.4 Å². The Kier molecular flexibility index (Phi) is 5.11. The summed E-state index contributed by atoms with van der Waals surface area (Å²) < 4.78 is 7.26. The zero-order chi connectivity index (χ0) is 19.1. The number of hydrogen-bond acceptors (Lipinski definition) is 7. The van der Waals surface area contributed by atoms with E-state index in [-0.39, 0.29) is 17.8 Å². The molecule has 3 aromatic heterocycles. The molecule has 6 nitrogen and oxygen atoms in total. The second kappa shape index (κ2) is 7.39. The van der Waals surface area contributed by atoms with Gasteiger partial charge in [-0.3, -0.25) is 9.20 Å². The van der Waals surface area contributed by atoms with Crippen LogP contribution in [0.1, 0.15) is 50.4 Å². The highest BCUT2D eigenvalue weighted by Crippen LogP contribution is 2.39. The molecule has 1 aliphatic carbocycles. The third-order valence-electron chi connectivity index (χ3n) is 4.84. The SMILES string of the molecule is CCc1nc2sc3c(c2c2nnc(SCC(=O)OC(C)C)n12)CCC(C)C3. The Morgan fingerprint density at radius 2 is 2.22 bits per heavy atom. The molecule has 1 atom stereocenters. The standard InChI is InChI=1S/C19H24N4O2S2/c1-5-14-20-18-16(12-7-6-11(4)8-13(12)27-18)17-21-22-19(23(14)17)26-9-15(24)25-10(2)3/h10-11H,5-9H2,1-4H3. The molecule has 0 saturated carbocycles. The number of nitrogens with zero attached hydrogens (tertiary/aromatic N) is 4. The number of aryl methyl sites for hydroxylation is 2. The molecule has 1 aliphatic rings. The van der Waals surface area contributed by atoms with Gasteiger partial charge in [0.2, 0.25) is 0 Å². The second-order valence-electron chi connectivity index (χ2n) is 7.38. The van der Waals surface area contributed by atoms with Gasteiger partial charge in [-0.25, -0.2) is 4.98 Å². The number of hydrogen-bond donors (Lipinski definition) is 0. The van der Waals surface area contributed by atoms with Crippen LogP contribution in [0.2, 0.25) is 0 Å². The minimum Gasteiger partial charge on any atom is -0.462 e. The zero-order valence-corrected chi connectivity index (χ0v) is 17.7. The molecule has 0 amide bonds. The summed E-state index contributed by atoms with van der Waals surface area (Å²) in [4.78, 5) is 19.4. The highest BCUT2D eigenvalue weighted by atomic mass is 32.2. The monoisotopic (exact) mass is 404 g/mol. The van der Waals surface area contributed by atoms with E-state index in [0.29, 0.717) is 5.16 Å². The van der Waals surface area contributed by atoms with Crippen molar-refractivity contribution in [3.63, 3.8) is 0 Å². The molecule has 0 aromatic carbocycles. The van der Waals surface area contributed by atoms with Gasteiger partial charge in [-0.15, -0.1) is 21.5 Å². The lowest BCUT2D eigenvalue weighted by Gasteiger charge is -2.17. The van der Waals surface area contributed by atoms with Crippen molar-refractivity contribution in [2.45, 2.75) is 64.6 Å². The molecule has 0 bridgehead atoms. The number of rotatable bonds is 5. The van der Waals surface area contributed by atoms with Gasteiger partial charge >= 0.3 is 5.97 Å². The number of carbonyl (C=O) groups excluding carboxylic acids is 1. The van der Waals surface area contributed by atoms with Crippen LogP contribution in [0.15, 0.2) is 5.16 Å². The van der Waals surface area contributed by atoms with E-state index in [2.05, 4.69) is 24.0 Å². The molecular formula is C19H24N4O2S2. The highest BCUT2D eigenvalue weighted by Gasteiger charge is 2.25. The largest absolute Gasteiger partial charge is 0.462 e. The summed E-state index contributed by atoms with van der Waals surface area (Å²) >= 11 is 3.17. The number of carbonyl (C=O) groups is 1. The number of fused-ring (bicyclic) bond motifs is 5. The number of esters is 1. The second-order valence-corrected chi connectivity index (χ2v) is 9.41. The van der Waals surface area contributed by atoms with Crippen LogP contribution in [0.3, 0.4) is 0 Å². The molecule has 4 rings (SSSR count). The predicted molar refractivity (Wildman–Crippen MR) is 109 cm³/mol. The number of ether oxygens (including phenoxy) is 1. The third-order valence-corrected chi connectivity index (χ3v) is 6.89. The van der Waals surface area contributed by atoms with Gasteiger partial charge in [0, 0.05) is 11.3 Å². The highest BCUT2D eigenvalue weighted by molar-refractivity contribution is 7.99. The summed E-state index contributed by atoms with van der Waals surface area (Å²) in [6.45, 7) is 8.11. The molecule has 0 saturated heterocycles. The smallest absolute Gasteiger partial charge is 0.316 e. The lowest BCUT2D eigenvalue weighted by Crippen LogP contribution is -2.13. The Morgan fingerprint density at radius 1 is 1.41 bits per heavy atom. The summed E-state index contributed by atoms with van der Waals surface area (Å²) in [6, 6.07) is 0. The van der Waals surface area contributed by atoms with Crippen LogP contribution in [-0.2, 0) is 28.8 Å². The van der Waals surface area contributed by atoms with Crippen molar-refractivity contribution in [3.8, 4) is 0 Å². The van der Waals surface area contributed by atoms with Crippen molar-refractivity contribution in [2.75, 3.05) is 5.75 Å². The van der Waals surface area contributed by atoms with Crippen LogP contribution < -0.4 is 0 Å². The first-order chi connectivity index (χ1) is 13.0. The first-order valence-corrected chi connectivity index (χ1v) is 11.3.